The lowest BCUT2D eigenvalue weighted by atomic mass is 10.0. The van der Waals surface area contributed by atoms with E-state index in [-0.39, 0.29) is 35.7 Å². The summed E-state index contributed by atoms with van der Waals surface area (Å²) in [7, 11) is 0. The number of anilines is 1. The molecule has 23 heavy (non-hydrogen) atoms. The molecule has 2 amide bonds. The van der Waals surface area contributed by atoms with Gasteiger partial charge in [-0.2, -0.15) is 0 Å². The summed E-state index contributed by atoms with van der Waals surface area (Å²) in [5.74, 6) is 0.448. The molecule has 0 heterocycles. The molecule has 2 saturated carbocycles. The monoisotopic (exact) mass is 315 g/mol. The van der Waals surface area contributed by atoms with Crippen LogP contribution in [-0.2, 0) is 9.59 Å². The molecule has 2 aliphatic carbocycles. The van der Waals surface area contributed by atoms with Crippen molar-refractivity contribution < 1.29 is 9.59 Å². The molecule has 0 bridgehead atoms. The Morgan fingerprint density at radius 1 is 1.04 bits per heavy atom. The molecule has 0 radical (unpaired) electrons. The maximum Gasteiger partial charge on any atom is 0.227 e. The summed E-state index contributed by atoms with van der Waals surface area (Å²) in [6.45, 7) is 1.98. The van der Waals surface area contributed by atoms with Crippen LogP contribution in [0.15, 0.2) is 24.3 Å². The lowest BCUT2D eigenvalue weighted by Crippen LogP contribution is -2.32. The third-order valence-corrected chi connectivity index (χ3v) is 4.83. The average molecular weight is 315 g/mol. The van der Waals surface area contributed by atoms with Gasteiger partial charge in [-0.15, -0.1) is 0 Å². The van der Waals surface area contributed by atoms with Gasteiger partial charge in [0.2, 0.25) is 11.8 Å². The highest BCUT2D eigenvalue weighted by Crippen LogP contribution is 2.30. The predicted octanol–water partition coefficient (Wildman–Crippen LogP) is 2.34. The molecule has 124 valence electrons. The molecule has 5 nitrogen and oxygen atoms in total. The molecular formula is C18H25N3O2. The van der Waals surface area contributed by atoms with E-state index in [9.17, 15) is 9.59 Å². The minimum Gasteiger partial charge on any atom is -0.349 e. The van der Waals surface area contributed by atoms with Gasteiger partial charge in [0.15, 0.2) is 0 Å². The Kier molecular flexibility index (Phi) is 4.66. The van der Waals surface area contributed by atoms with E-state index in [0.29, 0.717) is 0 Å². The van der Waals surface area contributed by atoms with Gasteiger partial charge in [-0.1, -0.05) is 12.1 Å². The molecule has 5 heteroatoms. The van der Waals surface area contributed by atoms with Gasteiger partial charge in [0, 0.05) is 23.6 Å². The SMILES string of the molecule is CC(NC(=O)C1CCC(N)C1)c1ccc(NC(=O)C2CC2)cc1. The third-order valence-electron chi connectivity index (χ3n) is 4.83. The minimum atomic E-state index is -0.0486. The van der Waals surface area contributed by atoms with Crippen molar-refractivity contribution in [1.29, 1.82) is 0 Å². The van der Waals surface area contributed by atoms with Crippen molar-refractivity contribution in [3.8, 4) is 0 Å². The largest absolute Gasteiger partial charge is 0.349 e. The predicted molar refractivity (Wildman–Crippen MR) is 89.7 cm³/mol. The zero-order chi connectivity index (χ0) is 16.4. The van der Waals surface area contributed by atoms with Gasteiger partial charge in [0.25, 0.3) is 0 Å². The summed E-state index contributed by atoms with van der Waals surface area (Å²) < 4.78 is 0. The highest BCUT2D eigenvalue weighted by molar-refractivity contribution is 5.94. The zero-order valence-corrected chi connectivity index (χ0v) is 13.5. The first kappa shape index (κ1) is 16.0. The fourth-order valence-electron chi connectivity index (χ4n) is 3.11. The van der Waals surface area contributed by atoms with Crippen molar-refractivity contribution >= 4 is 17.5 Å². The quantitative estimate of drug-likeness (QED) is 0.780. The molecule has 0 aromatic heterocycles. The highest BCUT2D eigenvalue weighted by Gasteiger charge is 2.30. The maximum absolute atomic E-state index is 12.2. The molecule has 1 aromatic carbocycles. The van der Waals surface area contributed by atoms with Crippen LogP contribution < -0.4 is 16.4 Å². The Labute approximate surface area is 137 Å². The van der Waals surface area contributed by atoms with Crippen LogP contribution in [0, 0.1) is 11.8 Å². The van der Waals surface area contributed by atoms with E-state index < -0.39 is 0 Å². The van der Waals surface area contributed by atoms with Gasteiger partial charge in [-0.25, -0.2) is 0 Å². The van der Waals surface area contributed by atoms with Crippen molar-refractivity contribution in [3.05, 3.63) is 29.8 Å². The molecule has 2 fully saturated rings. The van der Waals surface area contributed by atoms with E-state index in [2.05, 4.69) is 10.6 Å². The second-order valence-corrected chi connectivity index (χ2v) is 6.89. The maximum atomic E-state index is 12.2. The molecular weight excluding hydrogens is 290 g/mol. The second-order valence-electron chi connectivity index (χ2n) is 6.89. The van der Waals surface area contributed by atoms with Gasteiger partial charge >= 0.3 is 0 Å². The van der Waals surface area contributed by atoms with Crippen molar-refractivity contribution in [2.24, 2.45) is 17.6 Å². The standard InChI is InChI=1S/C18H25N3O2/c1-11(20-18(23)14-4-7-15(19)10-14)12-5-8-16(9-6-12)21-17(22)13-2-3-13/h5-6,8-9,11,13-15H,2-4,7,10,19H2,1H3,(H,20,23)(H,21,22). The Hall–Kier alpha value is -1.88. The van der Waals surface area contributed by atoms with E-state index in [4.69, 9.17) is 5.73 Å². The normalized spacial score (nSPS) is 25.0. The third kappa shape index (κ3) is 4.10. The van der Waals surface area contributed by atoms with Gasteiger partial charge in [0.05, 0.1) is 6.04 Å². The zero-order valence-electron chi connectivity index (χ0n) is 13.5. The van der Waals surface area contributed by atoms with Crippen molar-refractivity contribution in [3.63, 3.8) is 0 Å². The van der Waals surface area contributed by atoms with Crippen LogP contribution in [0.2, 0.25) is 0 Å². The summed E-state index contributed by atoms with van der Waals surface area (Å²) in [6.07, 6.45) is 4.59. The first-order chi connectivity index (χ1) is 11.0. The molecule has 0 aliphatic heterocycles. The van der Waals surface area contributed by atoms with E-state index in [1.165, 1.54) is 0 Å². The number of nitrogens with two attached hydrogens (primary N) is 1. The minimum absolute atomic E-state index is 0.0459. The summed E-state index contributed by atoms with van der Waals surface area (Å²) >= 11 is 0. The number of hydrogen-bond acceptors (Lipinski definition) is 3. The fraction of sp³-hybridized carbons (Fsp3) is 0.556. The van der Waals surface area contributed by atoms with Crippen LogP contribution >= 0.6 is 0 Å². The van der Waals surface area contributed by atoms with Crippen LogP contribution in [0.4, 0.5) is 5.69 Å². The summed E-state index contributed by atoms with van der Waals surface area (Å²) in [4.78, 5) is 24.0. The Morgan fingerprint density at radius 3 is 2.26 bits per heavy atom. The van der Waals surface area contributed by atoms with Gasteiger partial charge < -0.3 is 16.4 Å². The highest BCUT2D eigenvalue weighted by atomic mass is 16.2. The van der Waals surface area contributed by atoms with E-state index >= 15 is 0 Å². The molecule has 1 aromatic rings. The number of hydrogen-bond donors (Lipinski definition) is 3. The Bertz CT molecular complexity index is 580. The van der Waals surface area contributed by atoms with E-state index in [1.54, 1.807) is 0 Å². The average Bonchev–Trinajstić information content (AvgIpc) is 3.29. The van der Waals surface area contributed by atoms with Crippen LogP contribution in [0.25, 0.3) is 0 Å². The Morgan fingerprint density at radius 2 is 1.70 bits per heavy atom. The number of amides is 2. The lowest BCUT2D eigenvalue weighted by Gasteiger charge is -2.18. The molecule has 3 rings (SSSR count). The number of rotatable bonds is 5. The van der Waals surface area contributed by atoms with E-state index in [0.717, 1.165) is 43.4 Å². The molecule has 0 spiro atoms. The number of carbonyl (C=O) groups is 2. The molecule has 3 atom stereocenters. The van der Waals surface area contributed by atoms with Gasteiger partial charge in [-0.05, 0) is 56.7 Å². The van der Waals surface area contributed by atoms with Gasteiger partial charge in [-0.3, -0.25) is 9.59 Å². The van der Waals surface area contributed by atoms with Crippen LogP contribution in [-0.4, -0.2) is 17.9 Å². The lowest BCUT2D eigenvalue weighted by molar-refractivity contribution is -0.125. The first-order valence-corrected chi connectivity index (χ1v) is 8.49. The number of nitrogens with one attached hydrogen (secondary N) is 2. The molecule has 0 saturated heterocycles. The second kappa shape index (κ2) is 6.71. The van der Waals surface area contributed by atoms with Gasteiger partial charge in [0.1, 0.15) is 0 Å². The number of carbonyl (C=O) groups excluding carboxylic acids is 2. The molecule has 2 aliphatic rings. The van der Waals surface area contributed by atoms with Crippen LogP contribution in [0.1, 0.15) is 50.6 Å². The molecule has 3 unspecified atom stereocenters. The van der Waals surface area contributed by atoms with Crippen molar-refractivity contribution in [1.82, 2.24) is 5.32 Å². The van der Waals surface area contributed by atoms with Crippen LogP contribution in [0.5, 0.6) is 0 Å². The van der Waals surface area contributed by atoms with Crippen molar-refractivity contribution in [2.75, 3.05) is 5.32 Å². The van der Waals surface area contributed by atoms with Crippen molar-refractivity contribution in [2.45, 2.75) is 51.1 Å². The number of benzene rings is 1. The summed E-state index contributed by atoms with van der Waals surface area (Å²) in [5.41, 5.74) is 7.72. The summed E-state index contributed by atoms with van der Waals surface area (Å²) in [5, 5.41) is 5.99. The smallest absolute Gasteiger partial charge is 0.227 e. The topological polar surface area (TPSA) is 84.2 Å². The first-order valence-electron chi connectivity index (χ1n) is 8.49. The fourth-order valence-corrected chi connectivity index (χ4v) is 3.11. The summed E-state index contributed by atoms with van der Waals surface area (Å²) in [6, 6.07) is 7.80. The van der Waals surface area contributed by atoms with E-state index in [1.807, 2.05) is 31.2 Å². The Balaban J connectivity index is 1.53. The molecule has 4 N–H and O–H groups in total. The van der Waals surface area contributed by atoms with Crippen LogP contribution in [0.3, 0.4) is 0 Å².